The summed E-state index contributed by atoms with van der Waals surface area (Å²) in [5.74, 6) is 0.168. The molecule has 4 nitrogen and oxygen atoms in total. The van der Waals surface area contributed by atoms with Crippen LogP contribution in [0.1, 0.15) is 26.7 Å². The van der Waals surface area contributed by atoms with Crippen LogP contribution in [0, 0.1) is 0 Å². The second kappa shape index (κ2) is 7.38. The fraction of sp³-hybridized carbons (Fsp3) is 0.538. The first-order chi connectivity index (χ1) is 8.49. The van der Waals surface area contributed by atoms with Crippen molar-refractivity contribution in [3.05, 3.63) is 30.3 Å². The molecule has 0 aliphatic rings. The molecule has 0 saturated heterocycles. The first kappa shape index (κ1) is 15.0. The molecule has 1 rings (SSSR count). The van der Waals surface area contributed by atoms with Crippen molar-refractivity contribution < 1.29 is 8.42 Å². The van der Waals surface area contributed by atoms with E-state index < -0.39 is 10.0 Å². The topological polar surface area (TPSA) is 58.2 Å². The van der Waals surface area contributed by atoms with Crippen LogP contribution in [0.2, 0.25) is 0 Å². The lowest BCUT2D eigenvalue weighted by molar-refractivity contribution is 0.561. The minimum Gasteiger partial charge on any atom is -0.315 e. The van der Waals surface area contributed by atoms with E-state index in [2.05, 4.69) is 23.9 Å². The number of hydrogen-bond donors (Lipinski definition) is 2. The summed E-state index contributed by atoms with van der Waals surface area (Å²) < 4.78 is 26.1. The highest BCUT2D eigenvalue weighted by Crippen LogP contribution is 2.08. The molecular formula is C13H22N2O2S. The van der Waals surface area contributed by atoms with E-state index in [9.17, 15) is 8.42 Å². The van der Waals surface area contributed by atoms with Gasteiger partial charge in [-0.15, -0.1) is 0 Å². The highest BCUT2D eigenvalue weighted by molar-refractivity contribution is 7.92. The van der Waals surface area contributed by atoms with Crippen molar-refractivity contribution in [3.63, 3.8) is 0 Å². The van der Waals surface area contributed by atoms with Gasteiger partial charge < -0.3 is 5.32 Å². The predicted octanol–water partition coefficient (Wildman–Crippen LogP) is 2.21. The molecule has 0 aliphatic heterocycles. The zero-order chi connectivity index (χ0) is 13.4. The number of benzene rings is 1. The van der Waals surface area contributed by atoms with E-state index in [1.54, 1.807) is 12.1 Å². The smallest absolute Gasteiger partial charge is 0.232 e. The lowest BCUT2D eigenvalue weighted by atomic mass is 10.3. The van der Waals surface area contributed by atoms with Crippen LogP contribution < -0.4 is 10.0 Å². The first-order valence-electron chi connectivity index (χ1n) is 6.28. The Labute approximate surface area is 110 Å². The van der Waals surface area contributed by atoms with E-state index >= 15 is 0 Å². The van der Waals surface area contributed by atoms with E-state index in [1.807, 2.05) is 18.2 Å². The normalized spacial score (nSPS) is 11.7. The number of rotatable bonds is 8. The van der Waals surface area contributed by atoms with Crippen LogP contribution in [0.3, 0.4) is 0 Å². The Morgan fingerprint density at radius 1 is 1.11 bits per heavy atom. The van der Waals surface area contributed by atoms with Crippen molar-refractivity contribution in [3.8, 4) is 0 Å². The van der Waals surface area contributed by atoms with Crippen molar-refractivity contribution >= 4 is 15.7 Å². The Kier molecular flexibility index (Phi) is 6.15. The number of para-hydroxylation sites is 1. The third-order valence-electron chi connectivity index (χ3n) is 2.44. The highest BCUT2D eigenvalue weighted by Gasteiger charge is 2.09. The zero-order valence-corrected chi connectivity index (χ0v) is 11.8. The Morgan fingerprint density at radius 2 is 1.78 bits per heavy atom. The van der Waals surface area contributed by atoms with E-state index in [-0.39, 0.29) is 5.75 Å². The molecular weight excluding hydrogens is 248 g/mol. The van der Waals surface area contributed by atoms with Crippen LogP contribution >= 0.6 is 0 Å². The SMILES string of the molecule is CC(C)NCCCCS(=O)(=O)Nc1ccccc1. The summed E-state index contributed by atoms with van der Waals surface area (Å²) in [6.07, 6.45) is 1.54. The fourth-order valence-electron chi connectivity index (χ4n) is 1.54. The van der Waals surface area contributed by atoms with Crippen LogP contribution in [0.4, 0.5) is 5.69 Å². The van der Waals surface area contributed by atoms with Crippen molar-refractivity contribution in [1.29, 1.82) is 0 Å². The van der Waals surface area contributed by atoms with Crippen LogP contribution in [0.25, 0.3) is 0 Å². The van der Waals surface area contributed by atoms with Gasteiger partial charge in [0.2, 0.25) is 10.0 Å². The molecule has 2 N–H and O–H groups in total. The van der Waals surface area contributed by atoms with Gasteiger partial charge in [-0.1, -0.05) is 32.0 Å². The molecule has 18 heavy (non-hydrogen) atoms. The van der Waals surface area contributed by atoms with E-state index in [0.717, 1.165) is 13.0 Å². The Bertz CT molecular complexity index is 430. The molecule has 5 heteroatoms. The number of nitrogens with one attached hydrogen (secondary N) is 2. The molecule has 1 aromatic rings. The summed E-state index contributed by atoms with van der Waals surface area (Å²) in [6, 6.07) is 9.42. The van der Waals surface area contributed by atoms with Crippen molar-refractivity contribution in [1.82, 2.24) is 5.32 Å². The minimum atomic E-state index is -3.21. The lowest BCUT2D eigenvalue weighted by Gasteiger charge is -2.09. The molecule has 0 spiro atoms. The van der Waals surface area contributed by atoms with Crippen LogP contribution in [0.15, 0.2) is 30.3 Å². The van der Waals surface area contributed by atoms with E-state index in [0.29, 0.717) is 18.2 Å². The largest absolute Gasteiger partial charge is 0.315 e. The number of sulfonamides is 1. The van der Waals surface area contributed by atoms with Crippen molar-refractivity contribution in [2.24, 2.45) is 0 Å². The zero-order valence-electron chi connectivity index (χ0n) is 11.0. The van der Waals surface area contributed by atoms with Crippen LogP contribution in [-0.2, 0) is 10.0 Å². The Balaban J connectivity index is 2.28. The maximum atomic E-state index is 11.8. The van der Waals surface area contributed by atoms with Gasteiger partial charge in [0.05, 0.1) is 5.75 Å². The molecule has 0 amide bonds. The number of unbranched alkanes of at least 4 members (excludes halogenated alkanes) is 1. The second-order valence-electron chi connectivity index (χ2n) is 4.60. The highest BCUT2D eigenvalue weighted by atomic mass is 32.2. The van der Waals surface area contributed by atoms with Gasteiger partial charge >= 0.3 is 0 Å². The molecule has 0 aromatic heterocycles. The van der Waals surface area contributed by atoms with E-state index in [4.69, 9.17) is 0 Å². The lowest BCUT2D eigenvalue weighted by Crippen LogP contribution is -2.24. The monoisotopic (exact) mass is 270 g/mol. The third-order valence-corrected chi connectivity index (χ3v) is 3.81. The van der Waals surface area contributed by atoms with Gasteiger partial charge in [-0.2, -0.15) is 0 Å². The number of hydrogen-bond acceptors (Lipinski definition) is 3. The summed E-state index contributed by atoms with van der Waals surface area (Å²) in [4.78, 5) is 0. The van der Waals surface area contributed by atoms with Gasteiger partial charge in [0.15, 0.2) is 0 Å². The van der Waals surface area contributed by atoms with Gasteiger partial charge in [0.1, 0.15) is 0 Å². The first-order valence-corrected chi connectivity index (χ1v) is 7.94. The summed E-state index contributed by atoms with van der Waals surface area (Å²) in [7, 11) is -3.21. The maximum Gasteiger partial charge on any atom is 0.232 e. The van der Waals surface area contributed by atoms with Gasteiger partial charge in [-0.25, -0.2) is 8.42 Å². The van der Waals surface area contributed by atoms with Gasteiger partial charge in [0.25, 0.3) is 0 Å². The predicted molar refractivity (Wildman–Crippen MR) is 76.2 cm³/mol. The molecule has 1 aromatic carbocycles. The van der Waals surface area contributed by atoms with Gasteiger partial charge in [0, 0.05) is 11.7 Å². The van der Waals surface area contributed by atoms with Crippen molar-refractivity contribution in [2.75, 3.05) is 17.0 Å². The maximum absolute atomic E-state index is 11.8. The fourth-order valence-corrected chi connectivity index (χ4v) is 2.73. The van der Waals surface area contributed by atoms with E-state index in [1.165, 1.54) is 0 Å². The summed E-state index contributed by atoms with van der Waals surface area (Å²) >= 11 is 0. The van der Waals surface area contributed by atoms with Crippen LogP contribution in [0.5, 0.6) is 0 Å². The van der Waals surface area contributed by atoms with Gasteiger partial charge in [-0.05, 0) is 31.5 Å². The molecule has 0 fully saturated rings. The summed E-state index contributed by atoms with van der Waals surface area (Å²) in [5, 5.41) is 3.27. The molecule has 0 radical (unpaired) electrons. The third kappa shape index (κ3) is 6.61. The van der Waals surface area contributed by atoms with Crippen LogP contribution in [-0.4, -0.2) is 26.8 Å². The molecule has 0 unspecified atom stereocenters. The average Bonchev–Trinajstić information content (AvgIpc) is 2.28. The molecule has 0 aliphatic carbocycles. The Hall–Kier alpha value is -1.07. The second-order valence-corrected chi connectivity index (χ2v) is 6.44. The average molecular weight is 270 g/mol. The molecule has 0 bridgehead atoms. The number of anilines is 1. The molecule has 0 atom stereocenters. The summed E-state index contributed by atoms with van der Waals surface area (Å²) in [5.41, 5.74) is 0.623. The molecule has 0 saturated carbocycles. The summed E-state index contributed by atoms with van der Waals surface area (Å²) in [6.45, 7) is 5.01. The molecule has 102 valence electrons. The minimum absolute atomic E-state index is 0.168. The molecule has 0 heterocycles. The standard InChI is InChI=1S/C13H22N2O2S/c1-12(2)14-10-6-7-11-18(16,17)15-13-8-4-3-5-9-13/h3-5,8-9,12,14-15H,6-7,10-11H2,1-2H3. The van der Waals surface area contributed by atoms with Gasteiger partial charge in [-0.3, -0.25) is 4.72 Å². The van der Waals surface area contributed by atoms with Crippen molar-refractivity contribution in [2.45, 2.75) is 32.7 Å². The Morgan fingerprint density at radius 3 is 2.39 bits per heavy atom. The quantitative estimate of drug-likeness (QED) is 0.712.